The zero-order valence-corrected chi connectivity index (χ0v) is 11.0. The van der Waals surface area contributed by atoms with Crippen molar-refractivity contribution in [2.24, 2.45) is 0 Å². The van der Waals surface area contributed by atoms with Gasteiger partial charge in [0.25, 0.3) is 11.6 Å². The van der Waals surface area contributed by atoms with Gasteiger partial charge in [-0.2, -0.15) is 0 Å². The number of benzene rings is 1. The van der Waals surface area contributed by atoms with Crippen LogP contribution in [0.5, 0.6) is 0 Å². The first-order chi connectivity index (χ1) is 8.93. The molecule has 0 aliphatic heterocycles. The van der Waals surface area contributed by atoms with Crippen LogP contribution in [0.3, 0.4) is 0 Å². The summed E-state index contributed by atoms with van der Waals surface area (Å²) in [5, 5.41) is 13.4. The number of anilines is 1. The summed E-state index contributed by atoms with van der Waals surface area (Å²) >= 11 is 0. The first-order valence-corrected chi connectivity index (χ1v) is 5.89. The number of rotatable bonds is 6. The normalized spacial score (nSPS) is 10.5. The van der Waals surface area contributed by atoms with Crippen LogP contribution in [0.15, 0.2) is 18.2 Å². The summed E-state index contributed by atoms with van der Waals surface area (Å²) in [6, 6.07) is 4.20. The van der Waals surface area contributed by atoms with Crippen molar-refractivity contribution in [3.8, 4) is 0 Å². The maximum absolute atomic E-state index is 11.9. The largest absolute Gasteiger partial charge is 0.393 e. The van der Waals surface area contributed by atoms with E-state index in [0.717, 1.165) is 13.0 Å². The number of carbonyl (C=O) groups is 1. The second kappa shape index (κ2) is 6.69. The lowest BCUT2D eigenvalue weighted by Crippen LogP contribution is -2.27. The number of para-hydroxylation sites is 1. The molecule has 0 unspecified atom stereocenters. The van der Waals surface area contributed by atoms with Crippen LogP contribution in [0, 0.1) is 10.1 Å². The fraction of sp³-hybridized carbons (Fsp3) is 0.417. The number of carbonyl (C=O) groups excluding carboxylic acids is 1. The topological polar surface area (TPSA) is 102 Å². The Balaban J connectivity index is 2.67. The molecule has 3 N–H and O–H groups in total. The molecule has 19 heavy (non-hydrogen) atoms. The van der Waals surface area contributed by atoms with Crippen LogP contribution in [-0.2, 0) is 0 Å². The summed E-state index contributed by atoms with van der Waals surface area (Å²) in [5.74, 6) is -0.389. The molecule has 0 aromatic heterocycles. The van der Waals surface area contributed by atoms with Gasteiger partial charge in [-0.3, -0.25) is 14.9 Å². The fourth-order valence-corrected chi connectivity index (χ4v) is 1.60. The second-order valence-corrected chi connectivity index (χ2v) is 4.41. The average molecular weight is 266 g/mol. The number of nitro groups is 1. The Bertz CT molecular complexity index is 474. The molecule has 1 rings (SSSR count). The van der Waals surface area contributed by atoms with Gasteiger partial charge in [-0.25, -0.2) is 0 Å². The van der Waals surface area contributed by atoms with E-state index in [1.165, 1.54) is 18.2 Å². The van der Waals surface area contributed by atoms with Gasteiger partial charge in [0.15, 0.2) is 0 Å². The number of nitrogen functional groups attached to an aromatic ring is 1. The molecule has 7 nitrogen and oxygen atoms in total. The fourth-order valence-electron chi connectivity index (χ4n) is 1.60. The minimum absolute atomic E-state index is 0.0994. The predicted octanol–water partition coefficient (Wildman–Crippen LogP) is 0.859. The Hall–Kier alpha value is -2.15. The molecule has 1 amide bonds. The number of nitrogens with one attached hydrogen (secondary N) is 1. The van der Waals surface area contributed by atoms with Gasteiger partial charge in [-0.15, -0.1) is 0 Å². The van der Waals surface area contributed by atoms with Crippen molar-refractivity contribution >= 4 is 17.3 Å². The van der Waals surface area contributed by atoms with E-state index in [1.807, 2.05) is 19.0 Å². The Labute approximate surface area is 111 Å². The smallest absolute Gasteiger partial charge is 0.292 e. The summed E-state index contributed by atoms with van der Waals surface area (Å²) in [6.07, 6.45) is 0.799. The van der Waals surface area contributed by atoms with E-state index in [4.69, 9.17) is 5.73 Å². The van der Waals surface area contributed by atoms with Crippen LogP contribution >= 0.6 is 0 Å². The number of nitrogens with zero attached hydrogens (tertiary/aromatic N) is 2. The quantitative estimate of drug-likeness (QED) is 0.344. The van der Waals surface area contributed by atoms with Gasteiger partial charge in [0.2, 0.25) is 0 Å². The average Bonchev–Trinajstić information content (AvgIpc) is 2.34. The first kappa shape index (κ1) is 14.9. The van der Waals surface area contributed by atoms with Crippen molar-refractivity contribution in [3.05, 3.63) is 33.9 Å². The van der Waals surface area contributed by atoms with Crippen LogP contribution in [0.25, 0.3) is 0 Å². The molecule has 0 aliphatic carbocycles. The number of nitro benzene ring substituents is 1. The molecule has 0 radical (unpaired) electrons. The number of nitrogens with two attached hydrogens (primary N) is 1. The second-order valence-electron chi connectivity index (χ2n) is 4.41. The molecular weight excluding hydrogens is 248 g/mol. The van der Waals surface area contributed by atoms with Gasteiger partial charge in [-0.1, -0.05) is 6.07 Å². The van der Waals surface area contributed by atoms with Crippen molar-refractivity contribution in [1.82, 2.24) is 10.2 Å². The SMILES string of the molecule is CN(C)CCCNC(=O)c1cccc([N+](=O)[O-])c1N. The monoisotopic (exact) mass is 266 g/mol. The van der Waals surface area contributed by atoms with Gasteiger partial charge in [0.1, 0.15) is 5.69 Å². The highest BCUT2D eigenvalue weighted by molar-refractivity contribution is 6.00. The van der Waals surface area contributed by atoms with Gasteiger partial charge in [0, 0.05) is 12.6 Å². The highest BCUT2D eigenvalue weighted by atomic mass is 16.6. The first-order valence-electron chi connectivity index (χ1n) is 5.89. The highest BCUT2D eigenvalue weighted by Crippen LogP contribution is 2.24. The Morgan fingerprint density at radius 1 is 1.47 bits per heavy atom. The number of hydrogen-bond acceptors (Lipinski definition) is 5. The molecule has 0 atom stereocenters. The molecule has 1 aromatic rings. The molecule has 1 aromatic carbocycles. The molecule has 0 saturated heterocycles. The molecule has 0 spiro atoms. The Morgan fingerprint density at radius 2 is 2.16 bits per heavy atom. The summed E-state index contributed by atoms with van der Waals surface area (Å²) < 4.78 is 0. The summed E-state index contributed by atoms with van der Waals surface area (Å²) in [6.45, 7) is 1.35. The van der Waals surface area contributed by atoms with Crippen molar-refractivity contribution in [3.63, 3.8) is 0 Å². The Morgan fingerprint density at radius 3 is 2.74 bits per heavy atom. The molecule has 0 aliphatic rings. The molecule has 0 bridgehead atoms. The van der Waals surface area contributed by atoms with Crippen LogP contribution in [0.2, 0.25) is 0 Å². The van der Waals surface area contributed by atoms with E-state index in [9.17, 15) is 14.9 Å². The third-order valence-corrected chi connectivity index (χ3v) is 2.59. The van der Waals surface area contributed by atoms with E-state index >= 15 is 0 Å². The summed E-state index contributed by atoms with van der Waals surface area (Å²) in [4.78, 5) is 24.0. The van der Waals surface area contributed by atoms with E-state index in [1.54, 1.807) is 0 Å². The molecule has 0 saturated carbocycles. The number of hydrogen-bond donors (Lipinski definition) is 2. The highest BCUT2D eigenvalue weighted by Gasteiger charge is 2.18. The Kier molecular flexibility index (Phi) is 5.25. The van der Waals surface area contributed by atoms with E-state index < -0.39 is 4.92 Å². The third kappa shape index (κ3) is 4.22. The van der Waals surface area contributed by atoms with Gasteiger partial charge >= 0.3 is 0 Å². The van der Waals surface area contributed by atoms with Crippen LogP contribution in [-0.4, -0.2) is 42.9 Å². The van der Waals surface area contributed by atoms with Crippen molar-refractivity contribution in [1.29, 1.82) is 0 Å². The lowest BCUT2D eigenvalue weighted by atomic mass is 10.1. The molecule has 0 heterocycles. The van der Waals surface area contributed by atoms with Gasteiger partial charge in [0.05, 0.1) is 10.5 Å². The molecule has 7 heteroatoms. The van der Waals surface area contributed by atoms with Crippen molar-refractivity contribution in [2.45, 2.75) is 6.42 Å². The molecule has 104 valence electrons. The van der Waals surface area contributed by atoms with Gasteiger partial charge in [-0.05, 0) is 33.1 Å². The van der Waals surface area contributed by atoms with Crippen LogP contribution in [0.4, 0.5) is 11.4 Å². The van der Waals surface area contributed by atoms with E-state index in [-0.39, 0.29) is 22.8 Å². The van der Waals surface area contributed by atoms with Crippen molar-refractivity contribution < 1.29 is 9.72 Å². The molecule has 0 fully saturated rings. The van der Waals surface area contributed by atoms with E-state index in [0.29, 0.717) is 6.54 Å². The van der Waals surface area contributed by atoms with E-state index in [2.05, 4.69) is 5.32 Å². The summed E-state index contributed by atoms with van der Waals surface area (Å²) in [5.41, 5.74) is 5.42. The zero-order valence-electron chi connectivity index (χ0n) is 11.0. The predicted molar refractivity (Wildman–Crippen MR) is 73.0 cm³/mol. The number of amides is 1. The molecular formula is C12H18N4O3. The minimum atomic E-state index is -0.599. The minimum Gasteiger partial charge on any atom is -0.393 e. The third-order valence-electron chi connectivity index (χ3n) is 2.59. The zero-order chi connectivity index (χ0) is 14.4. The standard InChI is InChI=1S/C12H18N4O3/c1-15(2)8-4-7-14-12(17)9-5-3-6-10(11(9)13)16(18)19/h3,5-6H,4,7-8,13H2,1-2H3,(H,14,17). The lowest BCUT2D eigenvalue weighted by Gasteiger charge is -2.10. The maximum Gasteiger partial charge on any atom is 0.292 e. The van der Waals surface area contributed by atoms with Crippen LogP contribution in [0.1, 0.15) is 16.8 Å². The summed E-state index contributed by atoms with van der Waals surface area (Å²) in [7, 11) is 3.89. The van der Waals surface area contributed by atoms with Crippen LogP contribution < -0.4 is 11.1 Å². The maximum atomic E-state index is 11.9. The lowest BCUT2D eigenvalue weighted by molar-refractivity contribution is -0.383. The van der Waals surface area contributed by atoms with Crippen molar-refractivity contribution in [2.75, 3.05) is 32.9 Å². The van der Waals surface area contributed by atoms with Gasteiger partial charge < -0.3 is 16.0 Å².